The van der Waals surface area contributed by atoms with Crippen molar-refractivity contribution in [1.82, 2.24) is 14.3 Å². The van der Waals surface area contributed by atoms with Crippen molar-refractivity contribution in [2.45, 2.75) is 45.6 Å². The summed E-state index contributed by atoms with van der Waals surface area (Å²) in [5.74, 6) is 0.819. The molecule has 0 aliphatic carbocycles. The van der Waals surface area contributed by atoms with Gasteiger partial charge in [0.05, 0.1) is 0 Å². The van der Waals surface area contributed by atoms with Crippen LogP contribution in [0.3, 0.4) is 0 Å². The Morgan fingerprint density at radius 1 is 1.32 bits per heavy atom. The van der Waals surface area contributed by atoms with Crippen LogP contribution in [0.1, 0.15) is 39.5 Å². The van der Waals surface area contributed by atoms with Crippen LogP contribution in [0.25, 0.3) is 0 Å². The van der Waals surface area contributed by atoms with E-state index >= 15 is 0 Å². The maximum absolute atomic E-state index is 12.4. The van der Waals surface area contributed by atoms with Gasteiger partial charge in [-0.2, -0.15) is 12.7 Å². The Balaban J connectivity index is 2.00. The molecule has 0 spiro atoms. The first-order valence-electron chi connectivity index (χ1n) is 7.48. The molecule has 2 fully saturated rings. The summed E-state index contributed by atoms with van der Waals surface area (Å²) in [5.41, 5.74) is 0. The van der Waals surface area contributed by atoms with Gasteiger partial charge in [0.15, 0.2) is 0 Å². The Morgan fingerprint density at radius 3 is 2.74 bits per heavy atom. The van der Waals surface area contributed by atoms with Crippen LogP contribution in [0.2, 0.25) is 0 Å². The van der Waals surface area contributed by atoms with Gasteiger partial charge in [-0.3, -0.25) is 0 Å². The molecule has 0 amide bonds. The third-order valence-electron chi connectivity index (χ3n) is 4.11. The normalized spacial score (nSPS) is 30.1. The van der Waals surface area contributed by atoms with Gasteiger partial charge in [-0.25, -0.2) is 4.72 Å². The first kappa shape index (κ1) is 15.2. The van der Waals surface area contributed by atoms with Gasteiger partial charge in [0.1, 0.15) is 0 Å². The minimum absolute atomic E-state index is 0.192. The molecule has 0 bridgehead atoms. The van der Waals surface area contributed by atoms with Gasteiger partial charge in [-0.15, -0.1) is 0 Å². The smallest absolute Gasteiger partial charge is 0.279 e. The van der Waals surface area contributed by atoms with Crippen molar-refractivity contribution >= 4 is 10.2 Å². The standard InChI is InChI=1S/C13H27N3O2S/c1-11(2)9-15-19(17,18)16-8-4-6-13(16)12-5-3-7-14-10-12/h11-15H,3-10H2,1-2H3. The molecule has 2 rings (SSSR count). The highest BCUT2D eigenvalue weighted by atomic mass is 32.2. The van der Waals surface area contributed by atoms with Crippen molar-refractivity contribution in [2.75, 3.05) is 26.2 Å². The minimum Gasteiger partial charge on any atom is -0.316 e. The first-order chi connectivity index (χ1) is 9.00. The van der Waals surface area contributed by atoms with E-state index in [1.165, 1.54) is 0 Å². The molecule has 2 atom stereocenters. The number of nitrogens with zero attached hydrogens (tertiary/aromatic N) is 1. The maximum atomic E-state index is 12.4. The molecule has 0 aromatic heterocycles. The first-order valence-corrected chi connectivity index (χ1v) is 8.92. The molecule has 6 heteroatoms. The molecule has 19 heavy (non-hydrogen) atoms. The van der Waals surface area contributed by atoms with Crippen LogP contribution >= 0.6 is 0 Å². The van der Waals surface area contributed by atoms with Crippen molar-refractivity contribution in [2.24, 2.45) is 11.8 Å². The quantitative estimate of drug-likeness (QED) is 0.792. The highest BCUT2D eigenvalue weighted by molar-refractivity contribution is 7.87. The Labute approximate surface area is 117 Å². The van der Waals surface area contributed by atoms with Gasteiger partial charge < -0.3 is 5.32 Å². The summed E-state index contributed by atoms with van der Waals surface area (Å²) in [6.07, 6.45) is 4.31. The Bertz CT molecular complexity index is 377. The number of hydrogen-bond acceptors (Lipinski definition) is 3. The number of piperidine rings is 1. The fourth-order valence-corrected chi connectivity index (χ4v) is 4.81. The molecule has 0 saturated carbocycles. The average Bonchev–Trinajstić information content (AvgIpc) is 2.87. The van der Waals surface area contributed by atoms with Gasteiger partial charge in [-0.1, -0.05) is 13.8 Å². The second-order valence-corrected chi connectivity index (χ2v) is 7.88. The van der Waals surface area contributed by atoms with Crippen LogP contribution in [0.15, 0.2) is 0 Å². The van der Waals surface area contributed by atoms with E-state index in [9.17, 15) is 8.42 Å². The SMILES string of the molecule is CC(C)CNS(=O)(=O)N1CCCC1C1CCCNC1. The van der Waals surface area contributed by atoms with E-state index in [0.717, 1.165) is 38.8 Å². The number of rotatable bonds is 5. The van der Waals surface area contributed by atoms with Gasteiger partial charge in [0, 0.05) is 19.1 Å². The van der Waals surface area contributed by atoms with E-state index in [0.29, 0.717) is 24.9 Å². The predicted molar refractivity (Wildman–Crippen MR) is 77.1 cm³/mol. The van der Waals surface area contributed by atoms with Gasteiger partial charge in [0.2, 0.25) is 0 Å². The molecule has 0 radical (unpaired) electrons. The lowest BCUT2D eigenvalue weighted by atomic mass is 9.91. The van der Waals surface area contributed by atoms with Crippen LogP contribution in [0, 0.1) is 11.8 Å². The Hall–Kier alpha value is -0.170. The van der Waals surface area contributed by atoms with Crippen molar-refractivity contribution in [3.63, 3.8) is 0 Å². The molecule has 2 unspecified atom stereocenters. The summed E-state index contributed by atoms with van der Waals surface area (Å²) in [6.45, 7) is 7.27. The zero-order valence-corrected chi connectivity index (χ0v) is 12.9. The summed E-state index contributed by atoms with van der Waals surface area (Å²) in [7, 11) is -3.30. The Kier molecular flexibility index (Phi) is 5.22. The third kappa shape index (κ3) is 3.90. The molecule has 0 aromatic rings. The van der Waals surface area contributed by atoms with Crippen molar-refractivity contribution in [1.29, 1.82) is 0 Å². The van der Waals surface area contributed by atoms with Gasteiger partial charge >= 0.3 is 0 Å². The monoisotopic (exact) mass is 289 g/mol. The largest absolute Gasteiger partial charge is 0.316 e. The van der Waals surface area contributed by atoms with E-state index in [2.05, 4.69) is 10.0 Å². The molecule has 112 valence electrons. The van der Waals surface area contributed by atoms with E-state index < -0.39 is 10.2 Å². The lowest BCUT2D eigenvalue weighted by Gasteiger charge is -2.33. The number of nitrogens with one attached hydrogen (secondary N) is 2. The topological polar surface area (TPSA) is 61.4 Å². The summed E-state index contributed by atoms with van der Waals surface area (Å²) in [4.78, 5) is 0. The fraction of sp³-hybridized carbons (Fsp3) is 1.00. The molecular weight excluding hydrogens is 262 g/mol. The highest BCUT2D eigenvalue weighted by Crippen LogP contribution is 2.29. The van der Waals surface area contributed by atoms with Crippen molar-refractivity contribution in [3.8, 4) is 0 Å². The second kappa shape index (κ2) is 6.52. The summed E-state index contributed by atoms with van der Waals surface area (Å²) in [5, 5.41) is 3.39. The minimum atomic E-state index is -3.30. The molecule has 2 saturated heterocycles. The fourth-order valence-electron chi connectivity index (χ4n) is 3.10. The maximum Gasteiger partial charge on any atom is 0.279 e. The Morgan fingerprint density at radius 2 is 2.11 bits per heavy atom. The lowest BCUT2D eigenvalue weighted by Crippen LogP contribution is -2.49. The molecule has 2 aliphatic rings. The molecule has 0 aromatic carbocycles. The van der Waals surface area contributed by atoms with E-state index in [1.807, 2.05) is 13.8 Å². The average molecular weight is 289 g/mol. The van der Waals surface area contributed by atoms with E-state index in [1.54, 1.807) is 4.31 Å². The van der Waals surface area contributed by atoms with Crippen LogP contribution in [0.4, 0.5) is 0 Å². The van der Waals surface area contributed by atoms with Crippen LogP contribution in [0.5, 0.6) is 0 Å². The third-order valence-corrected chi connectivity index (χ3v) is 5.71. The molecule has 2 N–H and O–H groups in total. The summed E-state index contributed by atoms with van der Waals surface area (Å²) < 4.78 is 29.2. The number of hydrogen-bond donors (Lipinski definition) is 2. The molecule has 5 nitrogen and oxygen atoms in total. The molecular formula is C13H27N3O2S. The molecule has 2 aliphatic heterocycles. The molecule has 2 heterocycles. The lowest BCUT2D eigenvalue weighted by molar-refractivity contribution is 0.237. The van der Waals surface area contributed by atoms with E-state index in [4.69, 9.17) is 0 Å². The zero-order valence-electron chi connectivity index (χ0n) is 12.1. The van der Waals surface area contributed by atoms with Crippen LogP contribution in [-0.4, -0.2) is 44.9 Å². The predicted octanol–water partition coefficient (Wildman–Crippen LogP) is 0.941. The van der Waals surface area contributed by atoms with Crippen molar-refractivity contribution in [3.05, 3.63) is 0 Å². The van der Waals surface area contributed by atoms with E-state index in [-0.39, 0.29) is 6.04 Å². The summed E-state index contributed by atoms with van der Waals surface area (Å²) in [6, 6.07) is 0.192. The summed E-state index contributed by atoms with van der Waals surface area (Å²) >= 11 is 0. The van der Waals surface area contributed by atoms with Gasteiger partial charge in [0.25, 0.3) is 10.2 Å². The van der Waals surface area contributed by atoms with Crippen LogP contribution < -0.4 is 10.0 Å². The second-order valence-electron chi connectivity index (χ2n) is 6.17. The zero-order chi connectivity index (χ0) is 13.9. The van der Waals surface area contributed by atoms with Crippen molar-refractivity contribution < 1.29 is 8.42 Å². The van der Waals surface area contributed by atoms with Gasteiger partial charge in [-0.05, 0) is 50.6 Å². The van der Waals surface area contributed by atoms with Crippen LogP contribution in [-0.2, 0) is 10.2 Å². The highest BCUT2D eigenvalue weighted by Gasteiger charge is 2.38.